The van der Waals surface area contributed by atoms with Gasteiger partial charge in [0.25, 0.3) is 0 Å². The number of rotatable bonds is 0. The van der Waals surface area contributed by atoms with Crippen molar-refractivity contribution in [2.45, 2.75) is 0 Å². The molecule has 0 aliphatic rings. The second-order valence-corrected chi connectivity index (χ2v) is 7.07. The maximum absolute atomic E-state index is 9.52. The number of hydrogen-bond acceptors (Lipinski definition) is 1. The minimum atomic E-state index is 0. The van der Waals surface area contributed by atoms with Gasteiger partial charge in [-0.1, -0.05) is 0 Å². The van der Waals surface area contributed by atoms with Crippen LogP contribution in [-0.2, 0) is 58.6 Å². The van der Waals surface area contributed by atoms with E-state index in [0.717, 1.165) is 18.3 Å². The topological polar surface area (TPSA) is 17.1 Å². The van der Waals surface area contributed by atoms with Gasteiger partial charge in [0.05, 0.1) is 0 Å². The van der Waals surface area contributed by atoms with Gasteiger partial charge in [-0.05, 0) is 0 Å². The molecule has 0 aliphatic heterocycles. The fraction of sp³-hybridized carbons (Fsp3) is 0. The molecule has 0 saturated carbocycles. The summed E-state index contributed by atoms with van der Waals surface area (Å²) in [4.78, 5) is 9.52. The molecule has 0 amide bonds. The van der Waals surface area contributed by atoms with Crippen LogP contribution in [0.5, 0.6) is 0 Å². The largest absolute Gasteiger partial charge is 0 e. The van der Waals surface area contributed by atoms with Crippen LogP contribution in [0.15, 0.2) is 0 Å². The Kier molecular flexibility index (Phi) is 11.1. The second-order valence-electron chi connectivity index (χ2n) is 0.355. The molecule has 0 atom stereocenters. The van der Waals surface area contributed by atoms with Crippen molar-refractivity contribution in [1.29, 1.82) is 0 Å². The van der Waals surface area contributed by atoms with Crippen molar-refractivity contribution >= 4 is 2.85 Å². The summed E-state index contributed by atoms with van der Waals surface area (Å²) in [6.45, 7) is 0. The molecule has 0 rings (SSSR count). The summed E-state index contributed by atoms with van der Waals surface area (Å²) in [6.07, 6.45) is 0. The van der Waals surface area contributed by atoms with E-state index in [1.807, 2.05) is 0 Å². The molecule has 0 fully saturated rings. The van der Waals surface area contributed by atoms with Crippen molar-refractivity contribution < 1.29 is 63.4 Å². The SMILES string of the molecule is O=[C]([Zn])[Re].[Pt]. The van der Waals surface area contributed by atoms with Crippen molar-refractivity contribution in [3.63, 3.8) is 0 Å². The Bertz CT molecular complexity index is 34.6. The van der Waals surface area contributed by atoms with Crippen LogP contribution in [0.25, 0.3) is 0 Å². The fourth-order valence-electron chi connectivity index (χ4n) is 0. The average molecular weight is 475 g/mol. The van der Waals surface area contributed by atoms with E-state index in [-0.39, 0.29) is 21.1 Å². The Labute approximate surface area is 65.6 Å². The normalized spacial score (nSPS) is 5.40. The standard InChI is InChI=1S/CO.Pt.Re.Zn/c1-2;;;. The summed E-state index contributed by atoms with van der Waals surface area (Å²) in [5, 5.41) is 0. The van der Waals surface area contributed by atoms with Crippen LogP contribution in [-0.4, -0.2) is 2.85 Å². The average Bonchev–Trinajstić information content (AvgIpc) is 0.811. The number of hydrogen-bond donors (Lipinski definition) is 0. The molecule has 4 heteroatoms. The third-order valence-electron chi connectivity index (χ3n) is 0. The zero-order valence-electron chi connectivity index (χ0n) is 2.31. The summed E-state index contributed by atoms with van der Waals surface area (Å²) in [5.74, 6) is 0. The van der Waals surface area contributed by atoms with E-state index < -0.39 is 0 Å². The number of carbonyl (C=O) groups excluding carboxylic acids is 1. The van der Waals surface area contributed by atoms with Crippen molar-refractivity contribution in [2.24, 2.45) is 0 Å². The molecule has 0 spiro atoms. The maximum atomic E-state index is 9.52. The zero-order valence-corrected chi connectivity index (χ0v) is 10.3. The van der Waals surface area contributed by atoms with Gasteiger partial charge in [-0.25, -0.2) is 0 Å². The van der Waals surface area contributed by atoms with Gasteiger partial charge in [-0.2, -0.15) is 0 Å². The molecule has 0 aromatic rings. The third-order valence-corrected chi connectivity index (χ3v) is 0. The Morgan fingerprint density at radius 1 is 1.80 bits per heavy atom. The second kappa shape index (κ2) is 5.64. The van der Waals surface area contributed by atoms with Crippen LogP contribution in [0, 0.1) is 0 Å². The van der Waals surface area contributed by atoms with E-state index >= 15 is 0 Å². The van der Waals surface area contributed by atoms with Gasteiger partial charge in [-0.15, -0.1) is 0 Å². The quantitative estimate of drug-likeness (QED) is 0.459. The van der Waals surface area contributed by atoms with Crippen LogP contribution in [0.4, 0.5) is 4.79 Å². The van der Waals surface area contributed by atoms with E-state index in [0.29, 0.717) is 2.85 Å². The monoisotopic (exact) mass is 474 g/mol. The van der Waals surface area contributed by atoms with Crippen LogP contribution in [0.1, 0.15) is 0 Å². The molecule has 0 radical (unpaired) electrons. The predicted octanol–water partition coefficient (Wildman–Crippen LogP) is 0.198. The molecular weight excluding hydrogens is 475 g/mol. The van der Waals surface area contributed by atoms with Crippen LogP contribution >= 0.6 is 0 Å². The molecule has 0 aromatic heterocycles. The Morgan fingerprint density at radius 3 is 1.80 bits per heavy atom. The van der Waals surface area contributed by atoms with Gasteiger partial charge >= 0.3 is 45.1 Å². The summed E-state index contributed by atoms with van der Waals surface area (Å²) in [7, 11) is 0. The molecule has 29 valence electrons. The van der Waals surface area contributed by atoms with E-state index in [4.69, 9.17) is 0 Å². The summed E-state index contributed by atoms with van der Waals surface area (Å²) >= 11 is 2.07. The Balaban J connectivity index is 0. The molecule has 0 saturated heterocycles. The van der Waals surface area contributed by atoms with Gasteiger partial charge in [0.15, 0.2) is 0 Å². The first-order valence-corrected chi connectivity index (χ1v) is 3.59. The van der Waals surface area contributed by atoms with Crippen molar-refractivity contribution in [2.75, 3.05) is 0 Å². The third kappa shape index (κ3) is 27.7. The molecule has 0 aromatic carbocycles. The predicted molar refractivity (Wildman–Crippen MR) is 5.40 cm³/mol. The van der Waals surface area contributed by atoms with Crippen LogP contribution < -0.4 is 0 Å². The molecule has 1 nitrogen and oxygen atoms in total. The molecule has 0 N–H and O–H groups in total. The summed E-state index contributed by atoms with van der Waals surface area (Å²) < 4.78 is 0.347. The first-order chi connectivity index (χ1) is 1.73. The van der Waals surface area contributed by atoms with E-state index in [2.05, 4.69) is 0 Å². The van der Waals surface area contributed by atoms with Gasteiger partial charge in [0, 0.05) is 21.1 Å². The first kappa shape index (κ1) is 9.81. The minimum Gasteiger partial charge on any atom is 0 e. The molecular formula is COPtReZn. The molecule has 0 heterocycles. The molecule has 5 heavy (non-hydrogen) atoms. The van der Waals surface area contributed by atoms with Gasteiger partial charge < -0.3 is 0 Å². The van der Waals surface area contributed by atoms with E-state index in [9.17, 15) is 4.79 Å². The summed E-state index contributed by atoms with van der Waals surface area (Å²) in [5.41, 5.74) is 0. The first-order valence-electron chi connectivity index (χ1n) is 0.747. The van der Waals surface area contributed by atoms with Crippen molar-refractivity contribution in [3.8, 4) is 0 Å². The van der Waals surface area contributed by atoms with Gasteiger partial charge in [0.1, 0.15) is 0 Å². The fourth-order valence-corrected chi connectivity index (χ4v) is 0. The zero-order chi connectivity index (χ0) is 3.58. The van der Waals surface area contributed by atoms with E-state index in [1.54, 1.807) is 0 Å². The van der Waals surface area contributed by atoms with Crippen LogP contribution in [0.3, 0.4) is 0 Å². The van der Waals surface area contributed by atoms with Gasteiger partial charge in [-0.3, -0.25) is 0 Å². The number of carbonyl (C=O) groups is 1. The minimum absolute atomic E-state index is 0. The van der Waals surface area contributed by atoms with Crippen molar-refractivity contribution in [3.05, 3.63) is 0 Å². The van der Waals surface area contributed by atoms with Gasteiger partial charge in [0.2, 0.25) is 0 Å². The molecule has 0 unspecified atom stereocenters. The summed E-state index contributed by atoms with van der Waals surface area (Å²) in [6, 6.07) is 0. The maximum Gasteiger partial charge on any atom is 0 e. The van der Waals surface area contributed by atoms with Crippen LogP contribution in [0.2, 0.25) is 0 Å². The molecule has 0 bridgehead atoms. The molecule has 0 aliphatic carbocycles. The smallest absolute Gasteiger partial charge is 0 e. The van der Waals surface area contributed by atoms with E-state index in [1.165, 1.54) is 19.2 Å². The Morgan fingerprint density at radius 2 is 1.80 bits per heavy atom. The van der Waals surface area contributed by atoms with Crippen molar-refractivity contribution in [1.82, 2.24) is 0 Å². The Hall–Kier alpha value is 1.64.